The number of aromatic nitrogens is 5. The first kappa shape index (κ1) is 23.4. The van der Waals surface area contributed by atoms with Crippen LogP contribution in [-0.4, -0.2) is 67.1 Å². The van der Waals surface area contributed by atoms with E-state index in [0.29, 0.717) is 29.9 Å². The van der Waals surface area contributed by atoms with Crippen LogP contribution >= 0.6 is 11.8 Å². The van der Waals surface area contributed by atoms with Crippen LogP contribution in [0, 0.1) is 0 Å². The lowest BCUT2D eigenvalue weighted by Crippen LogP contribution is -2.29. The molecule has 0 saturated heterocycles. The normalized spacial score (nSPS) is 24.7. The number of nitrogens with two attached hydrogens (primary N) is 1. The summed E-state index contributed by atoms with van der Waals surface area (Å²) in [6.45, 7) is 4.71. The quantitative estimate of drug-likeness (QED) is 0.618. The Balaban J connectivity index is 1.50. The van der Waals surface area contributed by atoms with Gasteiger partial charge in [0, 0.05) is 44.2 Å². The van der Waals surface area contributed by atoms with E-state index >= 15 is 0 Å². The minimum absolute atomic E-state index is 0.122. The Kier molecular flexibility index (Phi) is 7.11. The molecule has 0 bridgehead atoms. The standard InChI is InChI=1S/C22H29N7O3S/c1-13-18(33-14(2)25-13)7-8-28-12-24-19(11-21(28)30)29-20(26-22(23)27-29)10-15-5-6-16(31-3)17(9-15)32-4/h5-6,9,11-12,14,16-18H,7-8,10H2,1-4H3,(H2,23,27). The van der Waals surface area contributed by atoms with E-state index in [4.69, 9.17) is 15.2 Å². The average Bonchev–Trinajstić information content (AvgIpc) is 3.32. The molecule has 0 saturated carbocycles. The Hall–Kier alpha value is -2.76. The fraction of sp³-hybridized carbons (Fsp3) is 0.500. The third-order valence-electron chi connectivity index (χ3n) is 5.73. The van der Waals surface area contributed by atoms with Crippen molar-refractivity contribution in [3.8, 4) is 5.82 Å². The molecule has 2 N–H and O–H groups in total. The Morgan fingerprint density at radius 3 is 2.70 bits per heavy atom. The Labute approximate surface area is 196 Å². The number of hydrogen-bond donors (Lipinski definition) is 1. The zero-order valence-corrected chi connectivity index (χ0v) is 20.0. The van der Waals surface area contributed by atoms with Gasteiger partial charge in [-0.2, -0.15) is 9.67 Å². The summed E-state index contributed by atoms with van der Waals surface area (Å²) in [5.74, 6) is 1.09. The zero-order chi connectivity index (χ0) is 23.5. The second-order valence-electron chi connectivity index (χ2n) is 8.04. The molecule has 1 aliphatic heterocycles. The van der Waals surface area contributed by atoms with Crippen molar-refractivity contribution in [1.29, 1.82) is 0 Å². The van der Waals surface area contributed by atoms with Crippen LogP contribution in [0.2, 0.25) is 0 Å². The van der Waals surface area contributed by atoms with Gasteiger partial charge < -0.3 is 15.2 Å². The largest absolute Gasteiger partial charge is 0.374 e. The van der Waals surface area contributed by atoms with Gasteiger partial charge in [-0.15, -0.1) is 16.9 Å². The molecular formula is C22H29N7O3S. The molecule has 0 spiro atoms. The Morgan fingerprint density at radius 1 is 1.24 bits per heavy atom. The topological polar surface area (TPSA) is 122 Å². The average molecular weight is 472 g/mol. The van der Waals surface area contributed by atoms with Crippen molar-refractivity contribution in [3.63, 3.8) is 0 Å². The van der Waals surface area contributed by atoms with Crippen LogP contribution in [0.5, 0.6) is 0 Å². The summed E-state index contributed by atoms with van der Waals surface area (Å²) in [5, 5.41) is 4.87. The zero-order valence-electron chi connectivity index (χ0n) is 19.2. The van der Waals surface area contributed by atoms with E-state index in [0.717, 1.165) is 17.7 Å². The lowest BCUT2D eigenvalue weighted by atomic mass is 9.99. The van der Waals surface area contributed by atoms with Crippen LogP contribution in [0.25, 0.3) is 5.82 Å². The second kappa shape index (κ2) is 10.0. The van der Waals surface area contributed by atoms with E-state index in [2.05, 4.69) is 27.0 Å². The predicted molar refractivity (Wildman–Crippen MR) is 129 cm³/mol. The van der Waals surface area contributed by atoms with Gasteiger partial charge in [0.2, 0.25) is 5.95 Å². The van der Waals surface area contributed by atoms with Crippen LogP contribution < -0.4 is 11.3 Å². The number of methoxy groups -OCH3 is 2. The van der Waals surface area contributed by atoms with E-state index in [-0.39, 0.29) is 29.1 Å². The number of allylic oxidation sites excluding steroid dienone is 2. The van der Waals surface area contributed by atoms with E-state index in [1.165, 1.54) is 10.7 Å². The molecular weight excluding hydrogens is 442 g/mol. The summed E-state index contributed by atoms with van der Waals surface area (Å²) >= 11 is 1.82. The minimum atomic E-state index is -0.194. The van der Waals surface area contributed by atoms with Crippen LogP contribution in [0.1, 0.15) is 26.1 Å². The molecule has 4 rings (SSSR count). The molecule has 0 amide bonds. The lowest BCUT2D eigenvalue weighted by Gasteiger charge is -2.23. The van der Waals surface area contributed by atoms with Crippen molar-refractivity contribution < 1.29 is 9.47 Å². The highest BCUT2D eigenvalue weighted by atomic mass is 32.2. The summed E-state index contributed by atoms with van der Waals surface area (Å²) < 4.78 is 14.0. The molecule has 4 unspecified atom stereocenters. The Bertz CT molecular complexity index is 1150. The first-order valence-electron chi connectivity index (χ1n) is 10.8. The first-order valence-corrected chi connectivity index (χ1v) is 11.7. The van der Waals surface area contributed by atoms with Gasteiger partial charge in [0.15, 0.2) is 5.82 Å². The highest BCUT2D eigenvalue weighted by Crippen LogP contribution is 2.29. The third kappa shape index (κ3) is 5.26. The number of hydrogen-bond acceptors (Lipinski definition) is 9. The number of aryl methyl sites for hydroxylation is 1. The van der Waals surface area contributed by atoms with Gasteiger partial charge in [0.25, 0.3) is 5.56 Å². The maximum absolute atomic E-state index is 12.8. The molecule has 33 heavy (non-hydrogen) atoms. The maximum Gasteiger partial charge on any atom is 0.255 e. The lowest BCUT2D eigenvalue weighted by molar-refractivity contribution is 0.0133. The predicted octanol–water partition coefficient (Wildman–Crippen LogP) is 1.79. The summed E-state index contributed by atoms with van der Waals surface area (Å²) in [5.41, 5.74) is 7.85. The summed E-state index contributed by atoms with van der Waals surface area (Å²) in [6.07, 6.45) is 8.41. The van der Waals surface area contributed by atoms with Crippen LogP contribution in [0.15, 0.2) is 46.0 Å². The molecule has 3 heterocycles. The van der Waals surface area contributed by atoms with Gasteiger partial charge in [0.1, 0.15) is 18.0 Å². The molecule has 2 aromatic heterocycles. The molecule has 0 radical (unpaired) electrons. The van der Waals surface area contributed by atoms with Crippen molar-refractivity contribution in [2.75, 3.05) is 20.0 Å². The Morgan fingerprint density at radius 2 is 2.03 bits per heavy atom. The van der Waals surface area contributed by atoms with E-state index in [1.807, 2.05) is 36.9 Å². The minimum Gasteiger partial charge on any atom is -0.374 e. The number of anilines is 1. The molecule has 0 aromatic carbocycles. The van der Waals surface area contributed by atoms with Crippen molar-refractivity contribution in [1.82, 2.24) is 24.3 Å². The van der Waals surface area contributed by atoms with E-state index in [1.54, 1.807) is 25.1 Å². The summed E-state index contributed by atoms with van der Waals surface area (Å²) in [7, 11) is 3.29. The van der Waals surface area contributed by atoms with Gasteiger partial charge in [-0.05, 0) is 31.9 Å². The monoisotopic (exact) mass is 471 g/mol. The smallest absolute Gasteiger partial charge is 0.255 e. The third-order valence-corrected chi connectivity index (χ3v) is 7.13. The fourth-order valence-corrected chi connectivity index (χ4v) is 5.24. The maximum atomic E-state index is 12.8. The van der Waals surface area contributed by atoms with Gasteiger partial charge in [-0.25, -0.2) is 4.98 Å². The van der Waals surface area contributed by atoms with Gasteiger partial charge in [0.05, 0.1) is 11.7 Å². The summed E-state index contributed by atoms with van der Waals surface area (Å²) in [4.78, 5) is 26.1. The molecule has 176 valence electrons. The number of nitrogens with zero attached hydrogens (tertiary/aromatic N) is 6. The van der Waals surface area contributed by atoms with E-state index < -0.39 is 0 Å². The van der Waals surface area contributed by atoms with Crippen LogP contribution in [0.3, 0.4) is 0 Å². The molecule has 1 aliphatic carbocycles. The highest BCUT2D eigenvalue weighted by molar-refractivity contribution is 8.01. The number of ether oxygens (including phenoxy) is 2. The van der Waals surface area contributed by atoms with Crippen LogP contribution in [-0.2, 0) is 22.4 Å². The van der Waals surface area contributed by atoms with Gasteiger partial charge >= 0.3 is 0 Å². The molecule has 0 fully saturated rings. The molecule has 2 aliphatic rings. The first-order chi connectivity index (χ1) is 15.9. The van der Waals surface area contributed by atoms with Crippen molar-refractivity contribution in [2.45, 2.75) is 56.1 Å². The van der Waals surface area contributed by atoms with Crippen LogP contribution in [0.4, 0.5) is 5.95 Å². The highest BCUT2D eigenvalue weighted by Gasteiger charge is 2.24. The number of aliphatic imine (C=N–C) groups is 1. The molecule has 11 heteroatoms. The van der Waals surface area contributed by atoms with Crippen molar-refractivity contribution in [2.24, 2.45) is 4.99 Å². The number of nitrogen functional groups attached to an aromatic ring is 1. The van der Waals surface area contributed by atoms with Crippen molar-refractivity contribution in [3.05, 3.63) is 52.4 Å². The van der Waals surface area contributed by atoms with Gasteiger partial charge in [-0.3, -0.25) is 14.4 Å². The molecule has 2 aromatic rings. The van der Waals surface area contributed by atoms with Crippen molar-refractivity contribution >= 4 is 23.4 Å². The summed E-state index contributed by atoms with van der Waals surface area (Å²) in [6, 6.07) is 1.47. The number of thioether (sulfide) groups is 1. The SMILES string of the molecule is COC1C=CC(Cc2nc(N)nn2-c2cc(=O)n(CCC3SC(C)N=C3C)cn2)=CC1OC. The fourth-order valence-electron chi connectivity index (χ4n) is 4.03. The second-order valence-corrected chi connectivity index (χ2v) is 9.56. The van der Waals surface area contributed by atoms with E-state index in [9.17, 15) is 4.79 Å². The number of rotatable bonds is 8. The molecule has 4 atom stereocenters. The molecule has 10 nitrogen and oxygen atoms in total. The van der Waals surface area contributed by atoms with Gasteiger partial charge in [-0.1, -0.05) is 12.2 Å².